The molecule has 2 N–H and O–H groups in total. The van der Waals surface area contributed by atoms with Crippen molar-refractivity contribution in [3.63, 3.8) is 0 Å². The van der Waals surface area contributed by atoms with Crippen molar-refractivity contribution in [2.75, 3.05) is 51.3 Å². The topological polar surface area (TPSA) is 41.7 Å². The second-order valence-corrected chi connectivity index (χ2v) is 6.52. The number of benzene rings is 1. The monoisotopic (exact) mass is 289 g/mol. The van der Waals surface area contributed by atoms with Gasteiger partial charge in [-0.3, -0.25) is 4.90 Å². The molecule has 1 saturated carbocycles. The Morgan fingerprint density at radius 3 is 2.52 bits per heavy atom. The van der Waals surface area contributed by atoms with E-state index in [0.29, 0.717) is 5.41 Å². The van der Waals surface area contributed by atoms with E-state index in [2.05, 4.69) is 28.0 Å². The Hall–Kier alpha value is -1.26. The molecule has 2 aliphatic rings. The summed E-state index contributed by atoms with van der Waals surface area (Å²) < 4.78 is 5.32. The average molecular weight is 289 g/mol. The van der Waals surface area contributed by atoms with E-state index in [0.717, 1.165) is 38.5 Å². The van der Waals surface area contributed by atoms with Crippen LogP contribution in [0.4, 0.5) is 5.69 Å². The minimum atomic E-state index is 0.429. The van der Waals surface area contributed by atoms with E-state index in [1.54, 1.807) is 7.11 Å². The molecule has 1 aliphatic carbocycles. The summed E-state index contributed by atoms with van der Waals surface area (Å²) in [6.45, 7) is 6.50. The average Bonchev–Trinajstić information content (AvgIpc) is 2.51. The summed E-state index contributed by atoms with van der Waals surface area (Å²) in [5.41, 5.74) is 7.68. The number of piperazine rings is 1. The number of nitrogens with two attached hydrogens (primary N) is 1. The van der Waals surface area contributed by atoms with E-state index >= 15 is 0 Å². The van der Waals surface area contributed by atoms with Crippen LogP contribution < -0.4 is 15.4 Å². The van der Waals surface area contributed by atoms with Crippen molar-refractivity contribution in [2.24, 2.45) is 11.1 Å². The van der Waals surface area contributed by atoms with Gasteiger partial charge in [-0.25, -0.2) is 0 Å². The Morgan fingerprint density at radius 1 is 1.19 bits per heavy atom. The lowest BCUT2D eigenvalue weighted by atomic mass is 9.68. The van der Waals surface area contributed by atoms with E-state index < -0.39 is 0 Å². The molecule has 0 unspecified atom stereocenters. The van der Waals surface area contributed by atoms with E-state index in [1.165, 1.54) is 31.5 Å². The Labute approximate surface area is 127 Å². The maximum absolute atomic E-state index is 5.99. The maximum atomic E-state index is 5.99. The van der Waals surface area contributed by atoms with Crippen molar-refractivity contribution in [3.05, 3.63) is 24.3 Å². The fraction of sp³-hybridized carbons (Fsp3) is 0.647. The highest BCUT2D eigenvalue weighted by Gasteiger charge is 2.37. The maximum Gasteiger partial charge on any atom is 0.120 e. The van der Waals surface area contributed by atoms with E-state index in [4.69, 9.17) is 10.5 Å². The highest BCUT2D eigenvalue weighted by Crippen LogP contribution is 2.40. The van der Waals surface area contributed by atoms with Crippen molar-refractivity contribution in [1.29, 1.82) is 0 Å². The molecular formula is C17H27N3O. The minimum Gasteiger partial charge on any atom is -0.497 e. The second-order valence-electron chi connectivity index (χ2n) is 6.52. The lowest BCUT2D eigenvalue weighted by Crippen LogP contribution is -2.53. The summed E-state index contributed by atoms with van der Waals surface area (Å²) in [5.74, 6) is 0.937. The van der Waals surface area contributed by atoms with Crippen LogP contribution in [-0.4, -0.2) is 51.3 Å². The van der Waals surface area contributed by atoms with E-state index in [1.807, 2.05) is 6.07 Å². The van der Waals surface area contributed by atoms with Gasteiger partial charge in [-0.05, 0) is 36.9 Å². The first-order valence-electron chi connectivity index (χ1n) is 8.06. The smallest absolute Gasteiger partial charge is 0.120 e. The molecule has 0 radical (unpaired) electrons. The Kier molecular flexibility index (Phi) is 4.36. The zero-order chi connectivity index (χ0) is 14.7. The van der Waals surface area contributed by atoms with Gasteiger partial charge in [-0.1, -0.05) is 12.5 Å². The third-order valence-electron chi connectivity index (χ3n) is 5.20. The molecule has 116 valence electrons. The van der Waals surface area contributed by atoms with Gasteiger partial charge in [-0.2, -0.15) is 0 Å². The number of hydrogen-bond donors (Lipinski definition) is 1. The van der Waals surface area contributed by atoms with Crippen LogP contribution in [0.25, 0.3) is 0 Å². The molecular weight excluding hydrogens is 262 g/mol. The zero-order valence-electron chi connectivity index (χ0n) is 13.1. The van der Waals surface area contributed by atoms with Gasteiger partial charge < -0.3 is 15.4 Å². The van der Waals surface area contributed by atoms with Crippen molar-refractivity contribution in [1.82, 2.24) is 4.90 Å². The summed E-state index contributed by atoms with van der Waals surface area (Å²) in [4.78, 5) is 5.05. The molecule has 0 spiro atoms. The van der Waals surface area contributed by atoms with Gasteiger partial charge in [0.1, 0.15) is 5.75 Å². The summed E-state index contributed by atoms with van der Waals surface area (Å²) in [6.07, 6.45) is 4.00. The Balaban J connectivity index is 1.55. The second kappa shape index (κ2) is 6.24. The van der Waals surface area contributed by atoms with Crippen LogP contribution in [0.1, 0.15) is 19.3 Å². The van der Waals surface area contributed by atoms with Crippen LogP contribution in [-0.2, 0) is 0 Å². The minimum absolute atomic E-state index is 0.429. The Morgan fingerprint density at radius 2 is 1.95 bits per heavy atom. The molecule has 4 nitrogen and oxygen atoms in total. The lowest BCUT2D eigenvalue weighted by molar-refractivity contribution is 0.0718. The molecule has 1 saturated heterocycles. The normalized spacial score (nSPS) is 21.9. The number of hydrogen-bond acceptors (Lipinski definition) is 4. The molecule has 3 rings (SSSR count). The third-order valence-corrected chi connectivity index (χ3v) is 5.20. The highest BCUT2D eigenvalue weighted by molar-refractivity contribution is 5.51. The predicted octanol–water partition coefficient (Wildman–Crippen LogP) is 1.95. The fourth-order valence-corrected chi connectivity index (χ4v) is 3.55. The largest absolute Gasteiger partial charge is 0.497 e. The third kappa shape index (κ3) is 3.16. The van der Waals surface area contributed by atoms with Gasteiger partial charge >= 0.3 is 0 Å². The number of anilines is 1. The molecule has 0 aromatic heterocycles. The van der Waals surface area contributed by atoms with Gasteiger partial charge in [-0.15, -0.1) is 0 Å². The van der Waals surface area contributed by atoms with Crippen molar-refractivity contribution in [3.8, 4) is 5.75 Å². The molecule has 21 heavy (non-hydrogen) atoms. The first kappa shape index (κ1) is 14.7. The summed E-state index contributed by atoms with van der Waals surface area (Å²) in [6, 6.07) is 8.37. The van der Waals surface area contributed by atoms with Crippen LogP contribution in [0, 0.1) is 5.41 Å². The molecule has 1 aromatic carbocycles. The molecule has 0 atom stereocenters. The van der Waals surface area contributed by atoms with Crippen LogP contribution in [0.5, 0.6) is 5.75 Å². The molecule has 2 fully saturated rings. The van der Waals surface area contributed by atoms with Crippen LogP contribution in [0.15, 0.2) is 24.3 Å². The van der Waals surface area contributed by atoms with Gasteiger partial charge in [0.05, 0.1) is 7.11 Å². The van der Waals surface area contributed by atoms with Crippen molar-refractivity contribution in [2.45, 2.75) is 19.3 Å². The number of rotatable bonds is 5. The Bertz CT molecular complexity index is 459. The standard InChI is InChI=1S/C17H27N3O/c1-21-16-5-2-4-15(12-16)20-10-8-19(9-11-20)14-17(13-18)6-3-7-17/h2,4-5,12H,3,6-11,13-14,18H2,1H3. The van der Waals surface area contributed by atoms with Crippen LogP contribution in [0.2, 0.25) is 0 Å². The van der Waals surface area contributed by atoms with Gasteiger partial charge in [0.2, 0.25) is 0 Å². The first-order valence-corrected chi connectivity index (χ1v) is 8.06. The molecule has 1 aromatic rings. The number of nitrogens with zero attached hydrogens (tertiary/aromatic N) is 2. The lowest BCUT2D eigenvalue weighted by Gasteiger charge is -2.46. The summed E-state index contributed by atoms with van der Waals surface area (Å²) in [5, 5.41) is 0. The molecule has 0 bridgehead atoms. The molecule has 0 amide bonds. The number of ether oxygens (including phenoxy) is 1. The van der Waals surface area contributed by atoms with Gasteiger partial charge in [0, 0.05) is 44.5 Å². The van der Waals surface area contributed by atoms with Crippen molar-refractivity contribution < 1.29 is 4.74 Å². The van der Waals surface area contributed by atoms with E-state index in [-0.39, 0.29) is 0 Å². The fourth-order valence-electron chi connectivity index (χ4n) is 3.55. The SMILES string of the molecule is COc1cccc(N2CCN(CC3(CN)CCC3)CC2)c1. The van der Waals surface area contributed by atoms with Gasteiger partial charge in [0.25, 0.3) is 0 Å². The molecule has 1 heterocycles. The molecule has 4 heteroatoms. The van der Waals surface area contributed by atoms with Crippen molar-refractivity contribution >= 4 is 5.69 Å². The first-order chi connectivity index (χ1) is 10.2. The van der Waals surface area contributed by atoms with Crippen LogP contribution >= 0.6 is 0 Å². The predicted molar refractivity (Wildman–Crippen MR) is 87.0 cm³/mol. The van der Waals surface area contributed by atoms with Gasteiger partial charge in [0.15, 0.2) is 0 Å². The molecule has 1 aliphatic heterocycles. The number of methoxy groups -OCH3 is 1. The highest BCUT2D eigenvalue weighted by atomic mass is 16.5. The van der Waals surface area contributed by atoms with E-state index in [9.17, 15) is 0 Å². The zero-order valence-corrected chi connectivity index (χ0v) is 13.1. The quantitative estimate of drug-likeness (QED) is 0.899. The summed E-state index contributed by atoms with van der Waals surface area (Å²) in [7, 11) is 1.72. The van der Waals surface area contributed by atoms with Crippen LogP contribution in [0.3, 0.4) is 0 Å². The summed E-state index contributed by atoms with van der Waals surface area (Å²) >= 11 is 0.